The van der Waals surface area contributed by atoms with Crippen LogP contribution in [0.1, 0.15) is 11.1 Å². The van der Waals surface area contributed by atoms with Crippen LogP contribution in [0.15, 0.2) is 72.8 Å². The Labute approximate surface area is 207 Å². The van der Waals surface area contributed by atoms with E-state index in [9.17, 15) is 5.11 Å². The quantitative estimate of drug-likeness (QED) is 0.456. The third-order valence-corrected chi connectivity index (χ3v) is 6.47. The Kier molecular flexibility index (Phi) is 8.69. The number of β-amino-alcohol motifs (C(OH)–C–C–N with tert-alkyl or cyclic N) is 1. The number of para-hydroxylation sites is 1. The van der Waals surface area contributed by atoms with Gasteiger partial charge in [-0.2, -0.15) is 0 Å². The van der Waals surface area contributed by atoms with Crippen LogP contribution in [0.2, 0.25) is 5.02 Å². The van der Waals surface area contributed by atoms with Gasteiger partial charge in [0.15, 0.2) is 0 Å². The maximum absolute atomic E-state index is 10.6. The van der Waals surface area contributed by atoms with Crippen LogP contribution in [-0.2, 0) is 12.8 Å². The van der Waals surface area contributed by atoms with E-state index in [2.05, 4.69) is 34.1 Å². The second-order valence-electron chi connectivity index (χ2n) is 8.69. The van der Waals surface area contributed by atoms with Crippen LogP contribution in [0.25, 0.3) is 0 Å². The number of halogens is 1. The zero-order valence-corrected chi connectivity index (χ0v) is 20.5. The number of hydrogen-bond donors (Lipinski definition) is 1. The Bertz CT molecular complexity index is 1050. The van der Waals surface area contributed by atoms with Crippen LogP contribution >= 0.6 is 11.6 Å². The van der Waals surface area contributed by atoms with Gasteiger partial charge in [0.05, 0.1) is 7.11 Å². The maximum atomic E-state index is 10.6. The molecule has 1 unspecified atom stereocenters. The van der Waals surface area contributed by atoms with Gasteiger partial charge in [-0.05, 0) is 60.4 Å². The van der Waals surface area contributed by atoms with E-state index in [1.165, 1.54) is 5.56 Å². The minimum absolute atomic E-state index is 0.282. The molecule has 34 heavy (non-hydrogen) atoms. The van der Waals surface area contributed by atoms with E-state index in [4.69, 9.17) is 21.1 Å². The molecule has 1 aliphatic rings. The second-order valence-corrected chi connectivity index (χ2v) is 9.13. The third kappa shape index (κ3) is 6.89. The molecule has 1 N–H and O–H groups in total. The molecule has 180 valence electrons. The van der Waals surface area contributed by atoms with Crippen molar-refractivity contribution in [3.05, 3.63) is 88.9 Å². The summed E-state index contributed by atoms with van der Waals surface area (Å²) in [5, 5.41) is 11.4. The third-order valence-electron chi connectivity index (χ3n) is 6.24. The number of aliphatic hydroxyl groups is 1. The molecule has 3 aromatic rings. The summed E-state index contributed by atoms with van der Waals surface area (Å²) < 4.78 is 11.4. The first-order valence-electron chi connectivity index (χ1n) is 11.9. The summed E-state index contributed by atoms with van der Waals surface area (Å²) >= 11 is 6.13. The highest BCUT2D eigenvalue weighted by atomic mass is 35.5. The molecule has 0 spiro atoms. The smallest absolute Gasteiger partial charge is 0.122 e. The molecule has 0 aliphatic carbocycles. The summed E-state index contributed by atoms with van der Waals surface area (Å²) in [6.45, 7) is 4.53. The molecule has 0 radical (unpaired) electrons. The largest absolute Gasteiger partial charge is 0.497 e. The Morgan fingerprint density at radius 3 is 2.50 bits per heavy atom. The van der Waals surface area contributed by atoms with Crippen molar-refractivity contribution < 1.29 is 14.6 Å². The second kappa shape index (κ2) is 12.1. The predicted octanol–water partition coefficient (Wildman–Crippen LogP) is 4.70. The van der Waals surface area contributed by atoms with Crippen LogP contribution in [0, 0.1) is 0 Å². The van der Waals surface area contributed by atoms with Gasteiger partial charge in [0.1, 0.15) is 24.2 Å². The number of piperazine rings is 1. The van der Waals surface area contributed by atoms with Gasteiger partial charge in [0.25, 0.3) is 0 Å². The van der Waals surface area contributed by atoms with Crippen LogP contribution in [-0.4, -0.2) is 62.6 Å². The Morgan fingerprint density at radius 2 is 1.71 bits per heavy atom. The van der Waals surface area contributed by atoms with Crippen molar-refractivity contribution in [2.45, 2.75) is 18.9 Å². The first-order chi connectivity index (χ1) is 16.6. The fraction of sp³-hybridized carbons (Fsp3) is 0.357. The van der Waals surface area contributed by atoms with E-state index in [1.54, 1.807) is 7.11 Å². The lowest BCUT2D eigenvalue weighted by atomic mass is 10.0. The zero-order chi connectivity index (χ0) is 23.8. The highest BCUT2D eigenvalue weighted by molar-refractivity contribution is 6.30. The van der Waals surface area contributed by atoms with Crippen LogP contribution in [0.4, 0.5) is 5.69 Å². The van der Waals surface area contributed by atoms with E-state index < -0.39 is 6.10 Å². The Balaban J connectivity index is 1.24. The lowest BCUT2D eigenvalue weighted by Gasteiger charge is -2.37. The van der Waals surface area contributed by atoms with Gasteiger partial charge < -0.3 is 19.5 Å². The van der Waals surface area contributed by atoms with Crippen molar-refractivity contribution in [1.29, 1.82) is 0 Å². The van der Waals surface area contributed by atoms with E-state index in [0.29, 0.717) is 6.54 Å². The molecule has 1 aliphatic heterocycles. The summed E-state index contributed by atoms with van der Waals surface area (Å²) in [6.07, 6.45) is 1.23. The minimum Gasteiger partial charge on any atom is -0.497 e. The number of ether oxygens (including phenoxy) is 2. The predicted molar refractivity (Wildman–Crippen MR) is 138 cm³/mol. The van der Waals surface area contributed by atoms with Gasteiger partial charge in [0, 0.05) is 43.4 Å². The average Bonchev–Trinajstić information content (AvgIpc) is 2.87. The molecule has 4 rings (SSSR count). The Hall–Kier alpha value is -2.73. The zero-order valence-electron chi connectivity index (χ0n) is 19.7. The first-order valence-corrected chi connectivity index (χ1v) is 12.2. The molecule has 1 saturated heterocycles. The first kappa shape index (κ1) is 24.4. The molecule has 3 aromatic carbocycles. The van der Waals surface area contributed by atoms with Crippen molar-refractivity contribution in [2.24, 2.45) is 0 Å². The molecular formula is C28H33ClN2O3. The summed E-state index contributed by atoms with van der Waals surface area (Å²) in [7, 11) is 1.69. The molecule has 0 aromatic heterocycles. The van der Waals surface area contributed by atoms with Gasteiger partial charge in [-0.3, -0.25) is 4.90 Å². The number of benzene rings is 3. The molecule has 5 nitrogen and oxygen atoms in total. The summed E-state index contributed by atoms with van der Waals surface area (Å²) in [4.78, 5) is 4.63. The van der Waals surface area contributed by atoms with Gasteiger partial charge in [0.2, 0.25) is 0 Å². The molecule has 6 heteroatoms. The minimum atomic E-state index is -0.538. The number of aryl methyl sites for hydroxylation is 2. The van der Waals surface area contributed by atoms with Crippen LogP contribution in [0.3, 0.4) is 0 Å². The van der Waals surface area contributed by atoms with Gasteiger partial charge in [-0.1, -0.05) is 48.0 Å². The number of methoxy groups -OCH3 is 1. The van der Waals surface area contributed by atoms with Crippen LogP contribution in [0.5, 0.6) is 11.5 Å². The molecule has 0 saturated carbocycles. The van der Waals surface area contributed by atoms with Crippen molar-refractivity contribution in [2.75, 3.05) is 51.3 Å². The fourth-order valence-electron chi connectivity index (χ4n) is 4.36. The molecule has 1 atom stereocenters. The number of rotatable bonds is 10. The highest BCUT2D eigenvalue weighted by Gasteiger charge is 2.20. The van der Waals surface area contributed by atoms with Crippen LogP contribution < -0.4 is 14.4 Å². The van der Waals surface area contributed by atoms with Crippen molar-refractivity contribution in [3.8, 4) is 11.5 Å². The normalized spacial score (nSPS) is 15.2. The van der Waals surface area contributed by atoms with Gasteiger partial charge >= 0.3 is 0 Å². The summed E-state index contributed by atoms with van der Waals surface area (Å²) in [6, 6.07) is 24.2. The SMILES string of the molecule is COc1cccc(CCc2ccccc2OCC(O)CN2CCN(c3cccc(Cl)c3)CC2)c1. The van der Waals surface area contributed by atoms with E-state index in [1.807, 2.05) is 48.5 Å². The number of aliphatic hydroxyl groups excluding tert-OH is 1. The number of nitrogens with zero attached hydrogens (tertiary/aromatic N) is 2. The summed E-state index contributed by atoms with van der Waals surface area (Å²) in [5.41, 5.74) is 3.53. The van der Waals surface area contributed by atoms with Gasteiger partial charge in [-0.15, -0.1) is 0 Å². The Morgan fingerprint density at radius 1 is 0.912 bits per heavy atom. The van der Waals surface area contributed by atoms with Crippen molar-refractivity contribution >= 4 is 17.3 Å². The monoisotopic (exact) mass is 480 g/mol. The fourth-order valence-corrected chi connectivity index (χ4v) is 4.54. The number of anilines is 1. The molecule has 0 amide bonds. The standard InChI is InChI=1S/C28H33ClN2O3/c1-33-27-10-4-6-22(18-27)12-13-23-7-2-3-11-28(23)34-21-26(32)20-30-14-16-31(17-15-30)25-9-5-8-24(29)19-25/h2-11,18-19,26,32H,12-17,20-21H2,1H3. The van der Waals surface area contributed by atoms with E-state index in [-0.39, 0.29) is 6.61 Å². The maximum Gasteiger partial charge on any atom is 0.122 e. The highest BCUT2D eigenvalue weighted by Crippen LogP contribution is 2.23. The van der Waals surface area contributed by atoms with Crippen molar-refractivity contribution in [1.82, 2.24) is 4.90 Å². The average molecular weight is 481 g/mol. The molecule has 0 bridgehead atoms. The summed E-state index contributed by atoms with van der Waals surface area (Å²) in [5.74, 6) is 1.72. The topological polar surface area (TPSA) is 45.2 Å². The van der Waals surface area contributed by atoms with E-state index >= 15 is 0 Å². The number of hydrogen-bond acceptors (Lipinski definition) is 5. The molecule has 1 heterocycles. The van der Waals surface area contributed by atoms with E-state index in [0.717, 1.165) is 66.8 Å². The van der Waals surface area contributed by atoms with Gasteiger partial charge in [-0.25, -0.2) is 0 Å². The molecular weight excluding hydrogens is 448 g/mol. The lowest BCUT2D eigenvalue weighted by molar-refractivity contribution is 0.0660. The van der Waals surface area contributed by atoms with Crippen molar-refractivity contribution in [3.63, 3.8) is 0 Å². The molecule has 1 fully saturated rings. The lowest BCUT2D eigenvalue weighted by Crippen LogP contribution is -2.49.